The van der Waals surface area contributed by atoms with Gasteiger partial charge in [-0.15, -0.1) is 0 Å². The van der Waals surface area contributed by atoms with Crippen LogP contribution < -0.4 is 10.1 Å². The van der Waals surface area contributed by atoms with E-state index in [4.69, 9.17) is 4.74 Å². The minimum Gasteiger partial charge on any atom is -0.495 e. The van der Waals surface area contributed by atoms with Gasteiger partial charge in [0.15, 0.2) is 0 Å². The number of ether oxygens (including phenoxy) is 1. The van der Waals surface area contributed by atoms with Crippen molar-refractivity contribution in [3.05, 3.63) is 23.8 Å². The van der Waals surface area contributed by atoms with Crippen LogP contribution in [0, 0.1) is 0 Å². The minimum absolute atomic E-state index is 0.168. The number of methoxy groups -OCH3 is 1. The number of anilines is 1. The Bertz CT molecular complexity index is 385. The first-order valence-corrected chi connectivity index (χ1v) is 8.29. The Balaban J connectivity index is 2.68. The summed E-state index contributed by atoms with van der Waals surface area (Å²) in [5.74, 6) is 2.17. The molecule has 1 N–H and O–H groups in total. The van der Waals surface area contributed by atoms with Gasteiger partial charge >= 0.3 is 0 Å². The first kappa shape index (κ1) is 16.2. The number of unbranched alkanes of at least 4 members (excludes halogenated alkanes) is 1. The van der Waals surface area contributed by atoms with E-state index in [1.165, 1.54) is 24.2 Å². The Morgan fingerprint density at radius 2 is 1.95 bits per heavy atom. The topological polar surface area (TPSA) is 21.3 Å². The standard InChI is InChI=1S/C16H27NOS/c1-16(2,3)13-8-9-15(18-4)14(12-13)17-10-6-7-11-19-5/h8-9,12,17H,6-7,10-11H2,1-5H3. The molecule has 0 unspecified atom stereocenters. The van der Waals surface area contributed by atoms with Crippen LogP contribution in [0.1, 0.15) is 39.2 Å². The molecule has 0 bridgehead atoms. The van der Waals surface area contributed by atoms with Crippen molar-refractivity contribution >= 4 is 17.4 Å². The van der Waals surface area contributed by atoms with Crippen molar-refractivity contribution < 1.29 is 4.74 Å². The van der Waals surface area contributed by atoms with Gasteiger partial charge in [-0.3, -0.25) is 0 Å². The molecule has 0 radical (unpaired) electrons. The minimum atomic E-state index is 0.168. The van der Waals surface area contributed by atoms with E-state index in [1.54, 1.807) is 7.11 Å². The average molecular weight is 281 g/mol. The van der Waals surface area contributed by atoms with Crippen molar-refractivity contribution in [3.8, 4) is 5.75 Å². The van der Waals surface area contributed by atoms with Gasteiger partial charge in [-0.1, -0.05) is 26.8 Å². The number of hydrogen-bond donors (Lipinski definition) is 1. The van der Waals surface area contributed by atoms with E-state index in [0.29, 0.717) is 0 Å². The molecule has 0 saturated carbocycles. The lowest BCUT2D eigenvalue weighted by atomic mass is 9.87. The summed E-state index contributed by atoms with van der Waals surface area (Å²) in [7, 11) is 1.73. The zero-order chi connectivity index (χ0) is 14.3. The zero-order valence-electron chi connectivity index (χ0n) is 12.9. The summed E-state index contributed by atoms with van der Waals surface area (Å²) in [6, 6.07) is 6.43. The van der Waals surface area contributed by atoms with Crippen LogP contribution in [0.5, 0.6) is 5.75 Å². The molecule has 0 atom stereocenters. The summed E-state index contributed by atoms with van der Waals surface area (Å²) >= 11 is 1.91. The number of rotatable bonds is 7. The van der Waals surface area contributed by atoms with E-state index in [9.17, 15) is 0 Å². The van der Waals surface area contributed by atoms with Crippen LogP contribution in [0.2, 0.25) is 0 Å². The molecule has 19 heavy (non-hydrogen) atoms. The first-order chi connectivity index (χ1) is 8.99. The van der Waals surface area contributed by atoms with Crippen molar-refractivity contribution in [3.63, 3.8) is 0 Å². The lowest BCUT2D eigenvalue weighted by Gasteiger charge is -2.21. The van der Waals surface area contributed by atoms with Gasteiger partial charge in [0.1, 0.15) is 5.75 Å². The number of hydrogen-bond acceptors (Lipinski definition) is 3. The quantitative estimate of drug-likeness (QED) is 0.741. The highest BCUT2D eigenvalue weighted by molar-refractivity contribution is 7.98. The predicted molar refractivity (Wildman–Crippen MR) is 87.8 cm³/mol. The fourth-order valence-electron chi connectivity index (χ4n) is 1.91. The van der Waals surface area contributed by atoms with Crippen molar-refractivity contribution in [1.29, 1.82) is 0 Å². The van der Waals surface area contributed by atoms with Gasteiger partial charge in [-0.05, 0) is 48.0 Å². The van der Waals surface area contributed by atoms with Gasteiger partial charge in [-0.25, -0.2) is 0 Å². The van der Waals surface area contributed by atoms with E-state index in [2.05, 4.69) is 50.5 Å². The van der Waals surface area contributed by atoms with Crippen LogP contribution in [0.3, 0.4) is 0 Å². The molecule has 0 aromatic heterocycles. The first-order valence-electron chi connectivity index (χ1n) is 6.90. The van der Waals surface area contributed by atoms with Crippen LogP contribution in [-0.2, 0) is 5.41 Å². The molecule has 0 aliphatic rings. The SMILES string of the molecule is COc1ccc(C(C)(C)C)cc1NCCCCSC. The molecule has 0 spiro atoms. The molecular weight excluding hydrogens is 254 g/mol. The third kappa shape index (κ3) is 5.35. The van der Waals surface area contributed by atoms with Crippen molar-refractivity contribution in [2.75, 3.05) is 31.0 Å². The van der Waals surface area contributed by atoms with Crippen molar-refractivity contribution in [2.24, 2.45) is 0 Å². The molecule has 1 aromatic carbocycles. The Hall–Kier alpha value is -0.830. The van der Waals surface area contributed by atoms with E-state index < -0.39 is 0 Å². The summed E-state index contributed by atoms with van der Waals surface area (Å²) < 4.78 is 5.42. The highest BCUT2D eigenvalue weighted by Crippen LogP contribution is 2.31. The Labute approximate surface area is 122 Å². The van der Waals surface area contributed by atoms with Crippen LogP contribution in [0.4, 0.5) is 5.69 Å². The summed E-state index contributed by atoms with van der Waals surface area (Å²) in [6.07, 6.45) is 4.61. The molecule has 1 aromatic rings. The van der Waals surface area contributed by atoms with Crippen molar-refractivity contribution in [2.45, 2.75) is 39.0 Å². The fraction of sp³-hybridized carbons (Fsp3) is 0.625. The second kappa shape index (κ2) is 7.68. The molecular formula is C16H27NOS. The molecule has 108 valence electrons. The molecule has 2 nitrogen and oxygen atoms in total. The van der Waals surface area contributed by atoms with Gasteiger partial charge in [0.2, 0.25) is 0 Å². The van der Waals surface area contributed by atoms with E-state index >= 15 is 0 Å². The maximum absolute atomic E-state index is 5.42. The Kier molecular flexibility index (Phi) is 6.56. The molecule has 3 heteroatoms. The number of nitrogens with one attached hydrogen (secondary N) is 1. The predicted octanol–water partition coefficient (Wildman–Crippen LogP) is 4.55. The highest BCUT2D eigenvalue weighted by atomic mass is 32.2. The maximum atomic E-state index is 5.42. The van der Waals surface area contributed by atoms with E-state index in [1.807, 2.05) is 11.8 Å². The number of thioether (sulfide) groups is 1. The van der Waals surface area contributed by atoms with E-state index in [0.717, 1.165) is 18.0 Å². The van der Waals surface area contributed by atoms with Gasteiger partial charge in [0.05, 0.1) is 12.8 Å². The highest BCUT2D eigenvalue weighted by Gasteiger charge is 2.15. The monoisotopic (exact) mass is 281 g/mol. The zero-order valence-corrected chi connectivity index (χ0v) is 13.7. The van der Waals surface area contributed by atoms with Gasteiger partial charge in [0.25, 0.3) is 0 Å². The van der Waals surface area contributed by atoms with Crippen LogP contribution in [0.25, 0.3) is 0 Å². The molecule has 0 aliphatic carbocycles. The smallest absolute Gasteiger partial charge is 0.141 e. The van der Waals surface area contributed by atoms with Crippen LogP contribution in [-0.4, -0.2) is 25.7 Å². The summed E-state index contributed by atoms with van der Waals surface area (Å²) in [5.41, 5.74) is 2.61. The molecule has 0 saturated heterocycles. The lowest BCUT2D eigenvalue weighted by molar-refractivity contribution is 0.416. The molecule has 0 heterocycles. The summed E-state index contributed by atoms with van der Waals surface area (Å²) in [4.78, 5) is 0. The average Bonchev–Trinajstić information content (AvgIpc) is 2.37. The largest absolute Gasteiger partial charge is 0.495 e. The second-order valence-corrected chi connectivity index (χ2v) is 6.78. The summed E-state index contributed by atoms with van der Waals surface area (Å²) in [6.45, 7) is 7.70. The maximum Gasteiger partial charge on any atom is 0.141 e. The lowest BCUT2D eigenvalue weighted by Crippen LogP contribution is -2.12. The van der Waals surface area contributed by atoms with Gasteiger partial charge in [0, 0.05) is 6.54 Å². The van der Waals surface area contributed by atoms with Gasteiger partial charge < -0.3 is 10.1 Å². The normalized spacial score (nSPS) is 11.4. The molecule has 0 fully saturated rings. The van der Waals surface area contributed by atoms with E-state index in [-0.39, 0.29) is 5.41 Å². The fourth-order valence-corrected chi connectivity index (χ4v) is 2.40. The Morgan fingerprint density at radius 3 is 2.53 bits per heavy atom. The van der Waals surface area contributed by atoms with Crippen LogP contribution >= 0.6 is 11.8 Å². The third-order valence-corrected chi connectivity index (χ3v) is 3.85. The Morgan fingerprint density at radius 1 is 1.21 bits per heavy atom. The molecule has 1 rings (SSSR count). The second-order valence-electron chi connectivity index (χ2n) is 5.79. The number of benzene rings is 1. The third-order valence-electron chi connectivity index (χ3n) is 3.16. The van der Waals surface area contributed by atoms with Gasteiger partial charge in [-0.2, -0.15) is 11.8 Å². The van der Waals surface area contributed by atoms with Crippen LogP contribution in [0.15, 0.2) is 18.2 Å². The summed E-state index contributed by atoms with van der Waals surface area (Å²) in [5, 5.41) is 3.50. The molecule has 0 aliphatic heterocycles. The van der Waals surface area contributed by atoms with Crippen molar-refractivity contribution in [1.82, 2.24) is 0 Å². The molecule has 0 amide bonds.